The molecule has 0 aliphatic carbocycles. The Morgan fingerprint density at radius 1 is 1.00 bits per heavy atom. The van der Waals surface area contributed by atoms with E-state index in [1.54, 1.807) is 6.07 Å². The summed E-state index contributed by atoms with van der Waals surface area (Å²) in [6, 6.07) is 21.7. The highest BCUT2D eigenvalue weighted by Gasteiger charge is 2.06. The first-order valence-corrected chi connectivity index (χ1v) is 7.49. The number of esters is 1. The molecule has 0 amide bonds. The van der Waals surface area contributed by atoms with Gasteiger partial charge in [-0.15, -0.1) is 0 Å². The molecule has 0 aliphatic heterocycles. The molecule has 2 aromatic carbocycles. The van der Waals surface area contributed by atoms with E-state index in [0.29, 0.717) is 13.0 Å². The minimum absolute atomic E-state index is 0.193. The molecular formula is C19H18N2O2. The van der Waals surface area contributed by atoms with Crippen LogP contribution < -0.4 is 0 Å². The van der Waals surface area contributed by atoms with Crippen LogP contribution >= 0.6 is 0 Å². The van der Waals surface area contributed by atoms with Gasteiger partial charge in [0.25, 0.3) is 0 Å². The fourth-order valence-electron chi connectivity index (χ4n) is 2.14. The van der Waals surface area contributed by atoms with Crippen LogP contribution in [-0.4, -0.2) is 24.8 Å². The van der Waals surface area contributed by atoms with Crippen LogP contribution in [0.1, 0.15) is 24.0 Å². The fraction of sp³-hybridized carbons (Fsp3) is 0.211. The van der Waals surface area contributed by atoms with Crippen molar-refractivity contribution in [1.29, 1.82) is 5.26 Å². The van der Waals surface area contributed by atoms with Gasteiger partial charge >= 0.3 is 5.97 Å². The first-order chi connectivity index (χ1) is 11.3. The molecule has 0 bridgehead atoms. The number of hydrogen-bond acceptors (Lipinski definition) is 4. The lowest BCUT2D eigenvalue weighted by Gasteiger charge is -2.07. The summed E-state index contributed by atoms with van der Waals surface area (Å²) in [5.74, 6) is -0.359. The predicted molar refractivity (Wildman–Crippen MR) is 89.2 cm³/mol. The topological polar surface area (TPSA) is 62.4 Å². The average molecular weight is 306 g/mol. The predicted octanol–water partition coefficient (Wildman–Crippen LogP) is 3.37. The summed E-state index contributed by atoms with van der Waals surface area (Å²) in [6.45, 7) is 0.335. The number of rotatable bonds is 7. The maximum atomic E-state index is 11.4. The van der Waals surface area contributed by atoms with Crippen molar-refractivity contribution in [2.75, 3.05) is 13.2 Å². The van der Waals surface area contributed by atoms with Crippen LogP contribution in [0.5, 0.6) is 0 Å². The van der Waals surface area contributed by atoms with Crippen LogP contribution in [0.2, 0.25) is 0 Å². The number of aliphatic imine (C=N–C) groups is 1. The summed E-state index contributed by atoms with van der Waals surface area (Å²) in [4.78, 5) is 16.0. The minimum Gasteiger partial charge on any atom is -0.450 e. The van der Waals surface area contributed by atoms with E-state index >= 15 is 0 Å². The third kappa shape index (κ3) is 5.40. The number of benzene rings is 2. The second-order valence-corrected chi connectivity index (χ2v) is 4.88. The van der Waals surface area contributed by atoms with Crippen molar-refractivity contribution in [2.24, 2.45) is 4.99 Å². The number of hydrogen-bond donors (Lipinski definition) is 0. The van der Waals surface area contributed by atoms with E-state index in [4.69, 9.17) is 10.00 Å². The van der Waals surface area contributed by atoms with Crippen LogP contribution in [0, 0.1) is 11.3 Å². The molecule has 0 radical (unpaired) electrons. The molecule has 0 aromatic heterocycles. The highest BCUT2D eigenvalue weighted by molar-refractivity contribution is 6.12. The van der Waals surface area contributed by atoms with E-state index in [-0.39, 0.29) is 19.0 Å². The molecule has 0 N–H and O–H groups in total. The summed E-state index contributed by atoms with van der Waals surface area (Å²) in [6.07, 6.45) is 0.857. The van der Waals surface area contributed by atoms with Crippen LogP contribution in [0.3, 0.4) is 0 Å². The van der Waals surface area contributed by atoms with Gasteiger partial charge in [0.1, 0.15) is 6.07 Å². The second-order valence-electron chi connectivity index (χ2n) is 4.88. The molecule has 0 saturated carbocycles. The average Bonchev–Trinajstić information content (AvgIpc) is 2.61. The Hall–Kier alpha value is -2.93. The zero-order valence-electron chi connectivity index (χ0n) is 12.8. The SMILES string of the molecule is N#CCOC(=O)CCCN=C(c1ccccc1)c1ccccc1. The lowest BCUT2D eigenvalue weighted by Crippen LogP contribution is -2.07. The Labute approximate surface area is 136 Å². The van der Waals surface area contributed by atoms with Gasteiger partial charge in [0.15, 0.2) is 6.61 Å². The standard InChI is InChI=1S/C19H18N2O2/c20-13-15-23-18(22)12-7-14-21-19(16-8-3-1-4-9-16)17-10-5-2-6-11-17/h1-6,8-11H,7,12,14-15H2. The number of nitrogens with zero attached hydrogens (tertiary/aromatic N) is 2. The summed E-state index contributed by atoms with van der Waals surface area (Å²) in [5, 5.41) is 8.36. The third-order valence-corrected chi connectivity index (χ3v) is 3.20. The van der Waals surface area contributed by atoms with E-state index < -0.39 is 0 Å². The smallest absolute Gasteiger partial charge is 0.306 e. The Balaban J connectivity index is 2.04. The van der Waals surface area contributed by atoms with Crippen LogP contribution in [0.25, 0.3) is 0 Å². The molecule has 116 valence electrons. The number of nitriles is 1. The van der Waals surface area contributed by atoms with E-state index in [2.05, 4.69) is 4.99 Å². The zero-order valence-corrected chi connectivity index (χ0v) is 12.8. The normalized spacial score (nSPS) is 9.70. The summed E-state index contributed by atoms with van der Waals surface area (Å²) in [5.41, 5.74) is 3.01. The Bertz CT molecular complexity index is 647. The van der Waals surface area contributed by atoms with Gasteiger partial charge in [0.2, 0.25) is 0 Å². The van der Waals surface area contributed by atoms with Crippen molar-refractivity contribution >= 4 is 11.7 Å². The molecule has 0 fully saturated rings. The number of carbonyl (C=O) groups is 1. The van der Waals surface area contributed by atoms with Gasteiger partial charge in [-0.1, -0.05) is 60.7 Å². The van der Waals surface area contributed by atoms with Crippen molar-refractivity contribution in [3.8, 4) is 6.07 Å². The van der Waals surface area contributed by atoms with Crippen molar-refractivity contribution < 1.29 is 9.53 Å². The van der Waals surface area contributed by atoms with Gasteiger partial charge in [-0.05, 0) is 6.42 Å². The lowest BCUT2D eigenvalue weighted by atomic mass is 10.0. The van der Waals surface area contributed by atoms with Gasteiger partial charge in [-0.2, -0.15) is 5.26 Å². The quantitative estimate of drug-likeness (QED) is 0.447. The Morgan fingerprint density at radius 3 is 2.09 bits per heavy atom. The molecule has 0 unspecified atom stereocenters. The van der Waals surface area contributed by atoms with Crippen molar-refractivity contribution in [3.63, 3.8) is 0 Å². The fourth-order valence-corrected chi connectivity index (χ4v) is 2.14. The highest BCUT2D eigenvalue weighted by atomic mass is 16.5. The maximum Gasteiger partial charge on any atom is 0.306 e. The molecule has 0 aliphatic rings. The first-order valence-electron chi connectivity index (χ1n) is 7.49. The zero-order chi connectivity index (χ0) is 16.3. The summed E-state index contributed by atoms with van der Waals surface area (Å²) >= 11 is 0. The molecule has 0 spiro atoms. The van der Waals surface area contributed by atoms with E-state index in [1.807, 2.05) is 60.7 Å². The summed E-state index contributed by atoms with van der Waals surface area (Å²) < 4.78 is 4.72. The van der Waals surface area contributed by atoms with Gasteiger partial charge in [0, 0.05) is 24.1 Å². The molecule has 0 heterocycles. The van der Waals surface area contributed by atoms with Crippen molar-refractivity contribution in [2.45, 2.75) is 12.8 Å². The first kappa shape index (κ1) is 16.4. The van der Waals surface area contributed by atoms with Gasteiger partial charge < -0.3 is 4.74 Å². The second kappa shape index (κ2) is 9.16. The van der Waals surface area contributed by atoms with Crippen LogP contribution in [-0.2, 0) is 9.53 Å². The lowest BCUT2D eigenvalue weighted by molar-refractivity contribution is -0.142. The van der Waals surface area contributed by atoms with E-state index in [0.717, 1.165) is 16.8 Å². The minimum atomic E-state index is -0.359. The van der Waals surface area contributed by atoms with E-state index in [1.165, 1.54) is 0 Å². The molecule has 0 atom stereocenters. The Kier molecular flexibility index (Phi) is 6.55. The van der Waals surface area contributed by atoms with Crippen molar-refractivity contribution in [1.82, 2.24) is 0 Å². The molecular weight excluding hydrogens is 288 g/mol. The van der Waals surface area contributed by atoms with E-state index in [9.17, 15) is 4.79 Å². The number of ether oxygens (including phenoxy) is 1. The highest BCUT2D eigenvalue weighted by Crippen LogP contribution is 2.11. The largest absolute Gasteiger partial charge is 0.450 e. The summed E-state index contributed by atoms with van der Waals surface area (Å²) in [7, 11) is 0. The molecule has 2 rings (SSSR count). The maximum absolute atomic E-state index is 11.4. The monoisotopic (exact) mass is 306 g/mol. The third-order valence-electron chi connectivity index (χ3n) is 3.20. The van der Waals surface area contributed by atoms with Gasteiger partial charge in [-0.25, -0.2) is 0 Å². The van der Waals surface area contributed by atoms with Gasteiger partial charge in [-0.3, -0.25) is 9.79 Å². The molecule has 4 nitrogen and oxygen atoms in total. The molecule has 2 aromatic rings. The number of carbonyl (C=O) groups excluding carboxylic acids is 1. The molecule has 0 saturated heterocycles. The van der Waals surface area contributed by atoms with Gasteiger partial charge in [0.05, 0.1) is 5.71 Å². The van der Waals surface area contributed by atoms with Crippen molar-refractivity contribution in [3.05, 3.63) is 71.8 Å². The molecule has 4 heteroatoms. The Morgan fingerprint density at radius 2 is 1.57 bits per heavy atom. The molecule has 23 heavy (non-hydrogen) atoms. The van der Waals surface area contributed by atoms with Crippen LogP contribution in [0.15, 0.2) is 65.7 Å². The van der Waals surface area contributed by atoms with Crippen LogP contribution in [0.4, 0.5) is 0 Å².